The van der Waals surface area contributed by atoms with E-state index in [4.69, 9.17) is 28.9 Å². The van der Waals surface area contributed by atoms with Gasteiger partial charge >= 0.3 is 0 Å². The van der Waals surface area contributed by atoms with E-state index < -0.39 is 0 Å². The van der Waals surface area contributed by atoms with Gasteiger partial charge in [-0.15, -0.1) is 0 Å². The third kappa shape index (κ3) is 3.38. The molecule has 15 heavy (non-hydrogen) atoms. The van der Waals surface area contributed by atoms with Gasteiger partial charge in [0.1, 0.15) is 0 Å². The van der Waals surface area contributed by atoms with Gasteiger partial charge in [-0.1, -0.05) is 23.2 Å². The van der Waals surface area contributed by atoms with Gasteiger partial charge in [-0.05, 0) is 25.1 Å². The molecule has 1 rings (SSSR count). The summed E-state index contributed by atoms with van der Waals surface area (Å²) in [5.41, 5.74) is 5.87. The predicted octanol–water partition coefficient (Wildman–Crippen LogP) is 2.07. The number of nitrogens with one attached hydrogen (secondary N) is 1. The Kier molecular flexibility index (Phi) is 4.39. The van der Waals surface area contributed by atoms with Crippen LogP contribution < -0.4 is 11.1 Å². The number of amides is 1. The van der Waals surface area contributed by atoms with Gasteiger partial charge < -0.3 is 11.1 Å². The van der Waals surface area contributed by atoms with Crippen LogP contribution in [0.3, 0.4) is 0 Å². The van der Waals surface area contributed by atoms with E-state index in [1.807, 2.05) is 6.92 Å². The zero-order valence-electron chi connectivity index (χ0n) is 8.26. The Hall–Kier alpha value is -0.770. The fourth-order valence-corrected chi connectivity index (χ4v) is 1.30. The molecule has 0 saturated carbocycles. The Morgan fingerprint density at radius 1 is 1.47 bits per heavy atom. The first kappa shape index (κ1) is 12.3. The van der Waals surface area contributed by atoms with Crippen molar-refractivity contribution in [1.29, 1.82) is 0 Å². The summed E-state index contributed by atoms with van der Waals surface area (Å²) in [5, 5.41) is 3.52. The van der Waals surface area contributed by atoms with Crippen LogP contribution in [0, 0.1) is 0 Å². The minimum atomic E-state index is -0.202. The molecule has 1 aromatic rings. The molecule has 0 fully saturated rings. The van der Waals surface area contributed by atoms with Crippen molar-refractivity contribution in [2.45, 2.75) is 13.0 Å². The maximum absolute atomic E-state index is 11.6. The van der Waals surface area contributed by atoms with Gasteiger partial charge in [0.25, 0.3) is 5.91 Å². The minimum absolute atomic E-state index is 0.0630. The van der Waals surface area contributed by atoms with Gasteiger partial charge in [-0.3, -0.25) is 4.79 Å². The number of rotatable bonds is 3. The molecule has 0 aromatic heterocycles. The number of carbonyl (C=O) groups excluding carboxylic acids is 1. The minimum Gasteiger partial charge on any atom is -0.348 e. The van der Waals surface area contributed by atoms with Crippen molar-refractivity contribution < 1.29 is 4.79 Å². The zero-order chi connectivity index (χ0) is 11.4. The van der Waals surface area contributed by atoms with Crippen LogP contribution in [0.1, 0.15) is 17.3 Å². The summed E-state index contributed by atoms with van der Waals surface area (Å²) in [6, 6.07) is 4.67. The monoisotopic (exact) mass is 246 g/mol. The highest BCUT2D eigenvalue weighted by Gasteiger charge is 2.09. The molecule has 5 heteroatoms. The second kappa shape index (κ2) is 5.35. The van der Waals surface area contributed by atoms with Gasteiger partial charge in [0.05, 0.1) is 10.0 Å². The third-order valence-electron chi connectivity index (χ3n) is 1.91. The second-order valence-electron chi connectivity index (χ2n) is 3.24. The normalized spacial score (nSPS) is 12.3. The van der Waals surface area contributed by atoms with Crippen LogP contribution in [0.15, 0.2) is 18.2 Å². The molecule has 82 valence electrons. The summed E-state index contributed by atoms with van der Waals surface area (Å²) in [6.45, 7) is 2.22. The average Bonchev–Trinajstić information content (AvgIpc) is 2.21. The van der Waals surface area contributed by atoms with Crippen molar-refractivity contribution in [3.63, 3.8) is 0 Å². The molecule has 0 saturated heterocycles. The molecule has 3 N–H and O–H groups in total. The Balaban J connectivity index is 2.78. The molecule has 0 spiro atoms. The van der Waals surface area contributed by atoms with Crippen LogP contribution in [0.25, 0.3) is 0 Å². The molecule has 0 aliphatic carbocycles. The fourth-order valence-electron chi connectivity index (χ4n) is 1.00. The van der Waals surface area contributed by atoms with Crippen LogP contribution in [0.2, 0.25) is 10.0 Å². The summed E-state index contributed by atoms with van der Waals surface area (Å²) < 4.78 is 0. The summed E-state index contributed by atoms with van der Waals surface area (Å²) in [7, 11) is 0. The summed E-state index contributed by atoms with van der Waals surface area (Å²) >= 11 is 11.5. The number of carbonyl (C=O) groups is 1. The van der Waals surface area contributed by atoms with E-state index in [2.05, 4.69) is 5.32 Å². The van der Waals surface area contributed by atoms with E-state index in [9.17, 15) is 4.79 Å². The number of hydrogen-bond acceptors (Lipinski definition) is 2. The Bertz CT molecular complexity index is 368. The highest BCUT2D eigenvalue weighted by atomic mass is 35.5. The largest absolute Gasteiger partial charge is 0.348 e. The smallest absolute Gasteiger partial charge is 0.251 e. The van der Waals surface area contributed by atoms with Gasteiger partial charge in [0, 0.05) is 18.2 Å². The molecule has 3 nitrogen and oxygen atoms in total. The maximum atomic E-state index is 11.6. The summed E-state index contributed by atoms with van der Waals surface area (Å²) in [4.78, 5) is 11.6. The highest BCUT2D eigenvalue weighted by Crippen LogP contribution is 2.22. The first-order valence-electron chi connectivity index (χ1n) is 4.50. The highest BCUT2D eigenvalue weighted by molar-refractivity contribution is 6.42. The molecule has 1 aromatic carbocycles. The lowest BCUT2D eigenvalue weighted by atomic mass is 10.2. The molecule has 0 bridgehead atoms. The predicted molar refractivity (Wildman–Crippen MR) is 62.4 cm³/mol. The van der Waals surface area contributed by atoms with Crippen molar-refractivity contribution in [2.24, 2.45) is 5.73 Å². The van der Waals surface area contributed by atoms with Crippen molar-refractivity contribution in [3.8, 4) is 0 Å². The topological polar surface area (TPSA) is 55.1 Å². The van der Waals surface area contributed by atoms with Gasteiger partial charge in [0.2, 0.25) is 0 Å². The summed E-state index contributed by atoms with van der Waals surface area (Å²) in [5.74, 6) is -0.202. The molecule has 1 atom stereocenters. The van der Waals surface area contributed by atoms with Crippen LogP contribution >= 0.6 is 23.2 Å². The lowest BCUT2D eigenvalue weighted by Crippen LogP contribution is -2.37. The fraction of sp³-hybridized carbons (Fsp3) is 0.300. The van der Waals surface area contributed by atoms with Gasteiger partial charge in [0.15, 0.2) is 0 Å². The van der Waals surface area contributed by atoms with Crippen molar-refractivity contribution in [1.82, 2.24) is 5.32 Å². The molecule has 0 heterocycles. The first-order chi connectivity index (χ1) is 7.04. The first-order valence-corrected chi connectivity index (χ1v) is 5.26. The standard InChI is InChI=1S/C10H12Cl2N2O/c1-6(5-13)14-10(15)7-2-3-8(11)9(12)4-7/h2-4,6H,5,13H2,1H3,(H,14,15)/t6-/m1/s1. The van der Waals surface area contributed by atoms with Crippen molar-refractivity contribution in [2.75, 3.05) is 6.54 Å². The van der Waals surface area contributed by atoms with Crippen LogP contribution in [-0.2, 0) is 0 Å². The number of hydrogen-bond donors (Lipinski definition) is 2. The molecular formula is C10H12Cl2N2O. The van der Waals surface area contributed by atoms with E-state index in [1.165, 1.54) is 6.07 Å². The molecule has 0 radical (unpaired) electrons. The molecule has 0 unspecified atom stereocenters. The van der Waals surface area contributed by atoms with Crippen LogP contribution in [-0.4, -0.2) is 18.5 Å². The van der Waals surface area contributed by atoms with Gasteiger partial charge in [-0.25, -0.2) is 0 Å². The molecule has 0 aliphatic heterocycles. The third-order valence-corrected chi connectivity index (χ3v) is 2.65. The molecule has 0 aliphatic rings. The summed E-state index contributed by atoms with van der Waals surface area (Å²) in [6.07, 6.45) is 0. The lowest BCUT2D eigenvalue weighted by Gasteiger charge is -2.11. The molecular weight excluding hydrogens is 235 g/mol. The number of nitrogens with two attached hydrogens (primary N) is 1. The SMILES string of the molecule is C[C@H](CN)NC(=O)c1ccc(Cl)c(Cl)c1. The second-order valence-corrected chi connectivity index (χ2v) is 4.05. The number of benzene rings is 1. The Morgan fingerprint density at radius 2 is 2.13 bits per heavy atom. The quantitative estimate of drug-likeness (QED) is 0.859. The maximum Gasteiger partial charge on any atom is 0.251 e. The van der Waals surface area contributed by atoms with Crippen molar-refractivity contribution in [3.05, 3.63) is 33.8 Å². The van der Waals surface area contributed by atoms with E-state index >= 15 is 0 Å². The van der Waals surface area contributed by atoms with Crippen molar-refractivity contribution >= 4 is 29.1 Å². The molecule has 1 amide bonds. The lowest BCUT2D eigenvalue weighted by molar-refractivity contribution is 0.0941. The average molecular weight is 247 g/mol. The Morgan fingerprint density at radius 3 is 2.67 bits per heavy atom. The number of halogens is 2. The zero-order valence-corrected chi connectivity index (χ0v) is 9.77. The van der Waals surface area contributed by atoms with Crippen LogP contribution in [0.4, 0.5) is 0 Å². The van der Waals surface area contributed by atoms with E-state index in [0.717, 1.165) is 0 Å². The van der Waals surface area contributed by atoms with E-state index in [0.29, 0.717) is 22.2 Å². The van der Waals surface area contributed by atoms with E-state index in [-0.39, 0.29) is 11.9 Å². The van der Waals surface area contributed by atoms with E-state index in [1.54, 1.807) is 12.1 Å². The Labute approximate surface area is 98.5 Å². The van der Waals surface area contributed by atoms with Crippen LogP contribution in [0.5, 0.6) is 0 Å². The van der Waals surface area contributed by atoms with Gasteiger partial charge in [-0.2, -0.15) is 0 Å².